The summed E-state index contributed by atoms with van der Waals surface area (Å²) in [5, 5.41) is 18.8. The second kappa shape index (κ2) is 8.69. The first kappa shape index (κ1) is 18.9. The summed E-state index contributed by atoms with van der Waals surface area (Å²) < 4.78 is 8.17. The zero-order valence-electron chi connectivity index (χ0n) is 16.1. The van der Waals surface area contributed by atoms with Crippen molar-refractivity contribution in [3.05, 3.63) is 47.3 Å². The Balaban J connectivity index is 1.47. The van der Waals surface area contributed by atoms with Crippen molar-refractivity contribution >= 4 is 0 Å². The molecule has 1 aliphatic carbocycles. The lowest BCUT2D eigenvalue weighted by Gasteiger charge is -2.35. The van der Waals surface area contributed by atoms with Crippen LogP contribution < -0.4 is 10.1 Å². The van der Waals surface area contributed by atoms with Gasteiger partial charge in [0, 0.05) is 18.3 Å². The Kier molecular flexibility index (Phi) is 6.33. The lowest BCUT2D eigenvalue weighted by Crippen LogP contribution is -2.51. The second-order valence-corrected chi connectivity index (χ2v) is 7.41. The molecular weight excluding hydrogens is 326 g/mol. The summed E-state index contributed by atoms with van der Waals surface area (Å²) in [6, 6.07) is 10.2. The molecule has 3 atom stereocenters. The van der Waals surface area contributed by atoms with Gasteiger partial charge in [-0.2, -0.15) is 5.10 Å². The molecule has 5 heteroatoms. The van der Waals surface area contributed by atoms with E-state index in [2.05, 4.69) is 28.1 Å². The number of ether oxygens (including phenoxy) is 1. The lowest BCUT2D eigenvalue weighted by atomic mass is 9.89. The first-order chi connectivity index (χ1) is 12.5. The van der Waals surface area contributed by atoms with Crippen molar-refractivity contribution in [2.45, 2.75) is 71.2 Å². The number of aryl methyl sites for hydroxylation is 4. The van der Waals surface area contributed by atoms with Crippen molar-refractivity contribution in [2.75, 3.05) is 6.54 Å². The molecule has 0 saturated heterocycles. The van der Waals surface area contributed by atoms with E-state index < -0.39 is 6.10 Å². The topological polar surface area (TPSA) is 59.3 Å². The van der Waals surface area contributed by atoms with E-state index in [9.17, 15) is 5.11 Å². The van der Waals surface area contributed by atoms with E-state index in [0.29, 0.717) is 0 Å². The van der Waals surface area contributed by atoms with Crippen molar-refractivity contribution in [1.29, 1.82) is 0 Å². The SMILES string of the molecule is Cc1cc(C)n(CCCN[C@H]2CCC[C@@H](Oc3ccccc3C)[C@@H]2O)n1. The molecule has 0 aliphatic heterocycles. The normalized spacial score (nSPS) is 23.2. The minimum Gasteiger partial charge on any atom is -0.487 e. The summed E-state index contributed by atoms with van der Waals surface area (Å²) in [5.41, 5.74) is 3.38. The second-order valence-electron chi connectivity index (χ2n) is 7.41. The number of hydrogen-bond donors (Lipinski definition) is 2. The van der Waals surface area contributed by atoms with E-state index in [1.165, 1.54) is 5.69 Å². The summed E-state index contributed by atoms with van der Waals surface area (Å²) in [6.45, 7) is 7.93. The highest BCUT2D eigenvalue weighted by molar-refractivity contribution is 5.32. The zero-order valence-corrected chi connectivity index (χ0v) is 16.1. The molecule has 3 rings (SSSR count). The van der Waals surface area contributed by atoms with Crippen LogP contribution in [0.5, 0.6) is 5.75 Å². The van der Waals surface area contributed by atoms with E-state index in [0.717, 1.165) is 55.8 Å². The van der Waals surface area contributed by atoms with E-state index >= 15 is 0 Å². The largest absolute Gasteiger partial charge is 0.487 e. The maximum absolute atomic E-state index is 10.7. The summed E-state index contributed by atoms with van der Waals surface area (Å²) in [7, 11) is 0. The van der Waals surface area contributed by atoms with Gasteiger partial charge in [0.05, 0.1) is 5.69 Å². The number of nitrogens with one attached hydrogen (secondary N) is 1. The Hall–Kier alpha value is -1.85. The lowest BCUT2D eigenvalue weighted by molar-refractivity contribution is -0.0156. The maximum Gasteiger partial charge on any atom is 0.126 e. The van der Waals surface area contributed by atoms with Gasteiger partial charge in [-0.3, -0.25) is 4.68 Å². The third-order valence-electron chi connectivity index (χ3n) is 5.23. The number of benzene rings is 1. The molecule has 1 aliphatic rings. The van der Waals surface area contributed by atoms with Crippen molar-refractivity contribution < 1.29 is 9.84 Å². The average Bonchev–Trinajstić information content (AvgIpc) is 2.94. The van der Waals surface area contributed by atoms with Crippen LogP contribution in [0, 0.1) is 20.8 Å². The molecule has 142 valence electrons. The maximum atomic E-state index is 10.7. The van der Waals surface area contributed by atoms with Gasteiger partial charge >= 0.3 is 0 Å². The summed E-state index contributed by atoms with van der Waals surface area (Å²) >= 11 is 0. The first-order valence-corrected chi connectivity index (χ1v) is 9.69. The van der Waals surface area contributed by atoms with Gasteiger partial charge in [-0.1, -0.05) is 18.2 Å². The molecule has 1 fully saturated rings. The number of aromatic nitrogens is 2. The fraction of sp³-hybridized carbons (Fsp3) is 0.571. The van der Waals surface area contributed by atoms with Crippen molar-refractivity contribution in [3.63, 3.8) is 0 Å². The van der Waals surface area contributed by atoms with Crippen LogP contribution in [-0.2, 0) is 6.54 Å². The summed E-state index contributed by atoms with van der Waals surface area (Å²) in [6.07, 6.45) is 3.35. The first-order valence-electron chi connectivity index (χ1n) is 9.69. The highest BCUT2D eigenvalue weighted by atomic mass is 16.5. The van der Waals surface area contributed by atoms with Crippen LogP contribution >= 0.6 is 0 Å². The van der Waals surface area contributed by atoms with Crippen LogP contribution in [0.4, 0.5) is 0 Å². The molecule has 1 saturated carbocycles. The molecule has 5 nitrogen and oxygen atoms in total. The molecule has 2 N–H and O–H groups in total. The van der Waals surface area contributed by atoms with Crippen molar-refractivity contribution in [3.8, 4) is 5.75 Å². The molecule has 26 heavy (non-hydrogen) atoms. The third kappa shape index (κ3) is 4.65. The molecule has 0 radical (unpaired) electrons. The van der Waals surface area contributed by atoms with E-state index in [-0.39, 0.29) is 12.1 Å². The van der Waals surface area contributed by atoms with Gasteiger partial charge < -0.3 is 15.2 Å². The Morgan fingerprint density at radius 2 is 2.04 bits per heavy atom. The fourth-order valence-electron chi connectivity index (χ4n) is 3.76. The predicted molar refractivity (Wildman–Crippen MR) is 104 cm³/mol. The number of hydrogen-bond acceptors (Lipinski definition) is 4. The Labute approximate surface area is 156 Å². The van der Waals surface area contributed by atoms with Gasteiger partial charge in [0.15, 0.2) is 0 Å². The molecule has 0 amide bonds. The van der Waals surface area contributed by atoms with Crippen LogP contribution in [0.2, 0.25) is 0 Å². The van der Waals surface area contributed by atoms with Gasteiger partial charge in [-0.25, -0.2) is 0 Å². The van der Waals surface area contributed by atoms with Gasteiger partial charge in [0.25, 0.3) is 0 Å². The third-order valence-corrected chi connectivity index (χ3v) is 5.23. The molecular formula is C21H31N3O2. The number of para-hydroxylation sites is 1. The number of nitrogens with zero attached hydrogens (tertiary/aromatic N) is 2. The predicted octanol–water partition coefficient (Wildman–Crippen LogP) is 3.15. The summed E-state index contributed by atoms with van der Waals surface area (Å²) in [4.78, 5) is 0. The Morgan fingerprint density at radius 1 is 1.23 bits per heavy atom. The minimum absolute atomic E-state index is 0.0956. The highest BCUT2D eigenvalue weighted by Crippen LogP contribution is 2.26. The molecule has 1 aromatic heterocycles. The van der Waals surface area contributed by atoms with E-state index in [4.69, 9.17) is 4.74 Å². The van der Waals surface area contributed by atoms with E-state index in [1.807, 2.05) is 38.1 Å². The van der Waals surface area contributed by atoms with E-state index in [1.54, 1.807) is 0 Å². The van der Waals surface area contributed by atoms with Crippen molar-refractivity contribution in [1.82, 2.24) is 15.1 Å². The molecule has 0 spiro atoms. The standard InChI is InChI=1S/C21H31N3O2/c1-15-8-4-5-10-19(15)26-20-11-6-9-18(21(20)25)22-12-7-13-24-17(3)14-16(2)23-24/h4-5,8,10,14,18,20-22,25H,6-7,9,11-13H2,1-3H3/t18-,20+,21+/m0/s1. The zero-order chi connectivity index (χ0) is 18.5. The van der Waals surface area contributed by atoms with Crippen LogP contribution in [0.15, 0.2) is 30.3 Å². The fourth-order valence-corrected chi connectivity index (χ4v) is 3.76. The molecule has 2 aromatic rings. The number of rotatable bonds is 7. The van der Waals surface area contributed by atoms with Gasteiger partial charge in [0.2, 0.25) is 0 Å². The molecule has 1 heterocycles. The highest BCUT2D eigenvalue weighted by Gasteiger charge is 2.33. The molecule has 0 unspecified atom stereocenters. The molecule has 0 bridgehead atoms. The Morgan fingerprint density at radius 3 is 2.77 bits per heavy atom. The minimum atomic E-state index is -0.475. The average molecular weight is 357 g/mol. The van der Waals surface area contributed by atoms with Gasteiger partial charge in [-0.05, 0) is 70.7 Å². The van der Waals surface area contributed by atoms with Gasteiger partial charge in [0.1, 0.15) is 18.0 Å². The number of aliphatic hydroxyl groups is 1. The van der Waals surface area contributed by atoms with Crippen LogP contribution in [0.1, 0.15) is 42.6 Å². The van der Waals surface area contributed by atoms with Crippen molar-refractivity contribution in [2.24, 2.45) is 0 Å². The molecule has 1 aromatic carbocycles. The van der Waals surface area contributed by atoms with Crippen LogP contribution in [0.3, 0.4) is 0 Å². The van der Waals surface area contributed by atoms with Crippen LogP contribution in [-0.4, -0.2) is 39.7 Å². The quantitative estimate of drug-likeness (QED) is 0.748. The van der Waals surface area contributed by atoms with Crippen LogP contribution in [0.25, 0.3) is 0 Å². The smallest absolute Gasteiger partial charge is 0.126 e. The monoisotopic (exact) mass is 357 g/mol. The van der Waals surface area contributed by atoms with Gasteiger partial charge in [-0.15, -0.1) is 0 Å². The Bertz CT molecular complexity index is 713. The summed E-state index contributed by atoms with van der Waals surface area (Å²) in [5.74, 6) is 0.877. The number of aliphatic hydroxyl groups excluding tert-OH is 1.